The lowest BCUT2D eigenvalue weighted by atomic mass is 10.1. The van der Waals surface area contributed by atoms with Gasteiger partial charge in [0, 0.05) is 43.2 Å². The van der Waals surface area contributed by atoms with Crippen molar-refractivity contribution < 1.29 is 14.3 Å². The molecule has 0 bridgehead atoms. The fourth-order valence-electron chi connectivity index (χ4n) is 4.42. The van der Waals surface area contributed by atoms with Gasteiger partial charge in [0.05, 0.1) is 17.8 Å². The van der Waals surface area contributed by atoms with Crippen LogP contribution in [0.25, 0.3) is 16.8 Å². The Hall–Kier alpha value is -4.15. The van der Waals surface area contributed by atoms with Crippen molar-refractivity contribution in [2.75, 3.05) is 18.5 Å². The van der Waals surface area contributed by atoms with Crippen LogP contribution in [0, 0.1) is 6.92 Å². The number of aryl methyl sites for hydroxylation is 3. The van der Waals surface area contributed by atoms with E-state index in [1.54, 1.807) is 15.8 Å². The highest BCUT2D eigenvalue weighted by atomic mass is 16.6. The molecule has 5 heterocycles. The number of likely N-dealkylation sites (tertiary alicyclic amines) is 1. The van der Waals surface area contributed by atoms with Crippen LogP contribution in [0.5, 0.6) is 5.75 Å². The van der Waals surface area contributed by atoms with E-state index in [2.05, 4.69) is 32.4 Å². The lowest BCUT2D eigenvalue weighted by Crippen LogP contribution is -2.55. The minimum Gasteiger partial charge on any atom is -0.487 e. The molecule has 4 aromatic rings. The summed E-state index contributed by atoms with van der Waals surface area (Å²) in [6.07, 6.45) is 5.02. The number of nitrogens with zero attached hydrogens (tertiary/aromatic N) is 7. The van der Waals surface area contributed by atoms with E-state index in [9.17, 15) is 4.79 Å². The van der Waals surface area contributed by atoms with Crippen LogP contribution in [-0.2, 0) is 18.2 Å². The number of rotatable bonds is 7. The Morgan fingerprint density at radius 3 is 2.71 bits per heavy atom. The van der Waals surface area contributed by atoms with E-state index in [1.807, 2.05) is 69.7 Å². The van der Waals surface area contributed by atoms with Gasteiger partial charge in [0.1, 0.15) is 29.5 Å². The van der Waals surface area contributed by atoms with Crippen LogP contribution in [0.4, 0.5) is 16.4 Å². The number of amides is 1. The monoisotopic (exact) mass is 518 g/mol. The van der Waals surface area contributed by atoms with E-state index >= 15 is 0 Å². The van der Waals surface area contributed by atoms with E-state index < -0.39 is 5.60 Å². The average Bonchev–Trinajstić information content (AvgIpc) is 3.38. The topological polar surface area (TPSA) is 112 Å². The number of carbonyl (C=O) groups excluding carboxylic acids is 1. The van der Waals surface area contributed by atoms with E-state index in [4.69, 9.17) is 9.47 Å². The molecular formula is C27H34N8O3. The van der Waals surface area contributed by atoms with Gasteiger partial charge >= 0.3 is 6.09 Å². The van der Waals surface area contributed by atoms with Gasteiger partial charge in [-0.2, -0.15) is 10.2 Å². The second-order valence-electron chi connectivity index (χ2n) is 10.5. The maximum atomic E-state index is 12.5. The van der Waals surface area contributed by atoms with Crippen molar-refractivity contribution in [1.29, 1.82) is 0 Å². The van der Waals surface area contributed by atoms with Crippen LogP contribution in [0.2, 0.25) is 0 Å². The molecule has 1 atom stereocenters. The zero-order valence-corrected chi connectivity index (χ0v) is 22.7. The fourth-order valence-corrected chi connectivity index (χ4v) is 4.42. The predicted octanol–water partition coefficient (Wildman–Crippen LogP) is 4.53. The lowest BCUT2D eigenvalue weighted by molar-refractivity contribution is -0.0141. The first kappa shape index (κ1) is 25.5. The van der Waals surface area contributed by atoms with Crippen molar-refractivity contribution in [2.45, 2.75) is 59.1 Å². The first-order chi connectivity index (χ1) is 18.1. The highest BCUT2D eigenvalue weighted by Gasteiger charge is 2.36. The summed E-state index contributed by atoms with van der Waals surface area (Å²) < 4.78 is 15.3. The molecule has 38 heavy (non-hydrogen) atoms. The zero-order chi connectivity index (χ0) is 27.0. The highest BCUT2D eigenvalue weighted by Crippen LogP contribution is 2.32. The Balaban J connectivity index is 1.31. The summed E-state index contributed by atoms with van der Waals surface area (Å²) in [6, 6.07) is 7.90. The summed E-state index contributed by atoms with van der Waals surface area (Å²) in [5, 5.41) is 12.3. The molecule has 11 heteroatoms. The standard InChI is InChI=1S/C27H34N8O3/c1-7-19-13-23(30-17(2)29-19)31-24-14-21-12-18(8-11-35(21)32-24)25-22(15-28-33(25)6)37-16-20-9-10-34(20)26(36)38-27(3,4)5/h8,11-15,20H,7,9-10,16H2,1-6H3,(H,29,30,31,32). The molecular weight excluding hydrogens is 484 g/mol. The number of nitrogens with one attached hydrogen (secondary N) is 1. The van der Waals surface area contributed by atoms with Crippen LogP contribution in [-0.4, -0.2) is 65.2 Å². The third kappa shape index (κ3) is 5.41. The van der Waals surface area contributed by atoms with Gasteiger partial charge in [-0.25, -0.2) is 19.3 Å². The number of hydrogen-bond donors (Lipinski definition) is 1. The molecule has 1 N–H and O–H groups in total. The molecule has 1 saturated heterocycles. The summed E-state index contributed by atoms with van der Waals surface area (Å²) in [5.41, 5.74) is 3.16. The smallest absolute Gasteiger partial charge is 0.410 e. The molecule has 0 saturated carbocycles. The normalized spacial score (nSPS) is 15.4. The van der Waals surface area contributed by atoms with Crippen LogP contribution in [0.1, 0.15) is 45.6 Å². The number of aromatic nitrogens is 6. The van der Waals surface area contributed by atoms with E-state index in [1.165, 1.54) is 0 Å². The molecule has 1 unspecified atom stereocenters. The summed E-state index contributed by atoms with van der Waals surface area (Å²) in [6.45, 7) is 10.6. The second kappa shape index (κ2) is 9.96. The van der Waals surface area contributed by atoms with Crippen molar-refractivity contribution in [1.82, 2.24) is 34.3 Å². The van der Waals surface area contributed by atoms with Crippen molar-refractivity contribution >= 4 is 23.2 Å². The SMILES string of the molecule is CCc1cc(Nc2cc3cc(-c4c(OCC5CCN5C(=O)OC(C)(C)C)cnn4C)ccn3n2)nc(C)n1. The van der Waals surface area contributed by atoms with E-state index in [0.29, 0.717) is 24.7 Å². The maximum Gasteiger partial charge on any atom is 0.410 e. The molecule has 4 aromatic heterocycles. The van der Waals surface area contributed by atoms with E-state index in [0.717, 1.165) is 47.0 Å². The van der Waals surface area contributed by atoms with Gasteiger partial charge in [-0.15, -0.1) is 0 Å². The van der Waals surface area contributed by atoms with Gasteiger partial charge in [0.2, 0.25) is 0 Å². The third-order valence-electron chi connectivity index (χ3n) is 6.35. The van der Waals surface area contributed by atoms with Gasteiger partial charge < -0.3 is 19.7 Å². The van der Waals surface area contributed by atoms with Gasteiger partial charge in [0.25, 0.3) is 0 Å². The summed E-state index contributed by atoms with van der Waals surface area (Å²) >= 11 is 0. The number of ether oxygens (including phenoxy) is 2. The lowest BCUT2D eigenvalue weighted by Gasteiger charge is -2.40. The van der Waals surface area contributed by atoms with Crippen molar-refractivity contribution in [3.05, 3.63) is 48.2 Å². The van der Waals surface area contributed by atoms with Crippen molar-refractivity contribution in [2.24, 2.45) is 7.05 Å². The summed E-state index contributed by atoms with van der Waals surface area (Å²) in [4.78, 5) is 23.1. The molecule has 1 fully saturated rings. The largest absolute Gasteiger partial charge is 0.487 e. The Morgan fingerprint density at radius 2 is 2.00 bits per heavy atom. The van der Waals surface area contributed by atoms with Crippen LogP contribution in [0.15, 0.2) is 36.7 Å². The third-order valence-corrected chi connectivity index (χ3v) is 6.35. The average molecular weight is 519 g/mol. The molecule has 200 valence electrons. The highest BCUT2D eigenvalue weighted by molar-refractivity contribution is 5.73. The Kier molecular flexibility index (Phi) is 6.68. The number of pyridine rings is 1. The molecule has 1 aliphatic heterocycles. The van der Waals surface area contributed by atoms with Gasteiger partial charge in [0.15, 0.2) is 11.6 Å². The summed E-state index contributed by atoms with van der Waals surface area (Å²) in [5.74, 6) is 2.79. The Labute approximate surface area is 221 Å². The number of carbonyl (C=O) groups is 1. The van der Waals surface area contributed by atoms with E-state index in [-0.39, 0.29) is 12.1 Å². The molecule has 0 radical (unpaired) electrons. The van der Waals surface area contributed by atoms with Gasteiger partial charge in [-0.3, -0.25) is 4.68 Å². The summed E-state index contributed by atoms with van der Waals surface area (Å²) in [7, 11) is 1.88. The van der Waals surface area contributed by atoms with Crippen molar-refractivity contribution in [3.63, 3.8) is 0 Å². The number of hydrogen-bond acceptors (Lipinski definition) is 8. The Morgan fingerprint density at radius 1 is 1.18 bits per heavy atom. The number of anilines is 2. The minimum atomic E-state index is -0.525. The van der Waals surface area contributed by atoms with Gasteiger partial charge in [-0.05, 0) is 52.7 Å². The molecule has 0 spiro atoms. The quantitative estimate of drug-likeness (QED) is 0.380. The predicted molar refractivity (Wildman–Crippen MR) is 144 cm³/mol. The molecule has 0 aromatic carbocycles. The van der Waals surface area contributed by atoms with Gasteiger partial charge in [-0.1, -0.05) is 6.92 Å². The molecule has 1 aliphatic rings. The molecule has 0 aliphatic carbocycles. The first-order valence-corrected chi connectivity index (χ1v) is 12.9. The first-order valence-electron chi connectivity index (χ1n) is 12.9. The Bertz CT molecular complexity index is 1470. The molecule has 11 nitrogen and oxygen atoms in total. The maximum absolute atomic E-state index is 12.5. The van der Waals surface area contributed by atoms with Crippen LogP contribution < -0.4 is 10.1 Å². The zero-order valence-electron chi connectivity index (χ0n) is 22.7. The van der Waals surface area contributed by atoms with Crippen molar-refractivity contribution in [3.8, 4) is 17.0 Å². The molecule has 5 rings (SSSR count). The van der Waals surface area contributed by atoms with Crippen LogP contribution in [0.3, 0.4) is 0 Å². The number of fused-ring (bicyclic) bond motifs is 1. The second-order valence-corrected chi connectivity index (χ2v) is 10.5. The molecule has 1 amide bonds. The fraction of sp³-hybridized carbons (Fsp3) is 0.444. The minimum absolute atomic E-state index is 0.0255. The van der Waals surface area contributed by atoms with Crippen LogP contribution >= 0.6 is 0 Å².